The Morgan fingerprint density at radius 1 is 1.00 bits per heavy atom. The van der Waals surface area contributed by atoms with Crippen LogP contribution in [0.2, 0.25) is 0 Å². The summed E-state index contributed by atoms with van der Waals surface area (Å²) in [4.78, 5) is 4.95. The fourth-order valence-corrected chi connectivity index (χ4v) is 3.85. The van der Waals surface area contributed by atoms with Crippen molar-refractivity contribution in [3.8, 4) is 0 Å². The number of benzene rings is 2. The van der Waals surface area contributed by atoms with E-state index in [4.69, 9.17) is 0 Å². The van der Waals surface area contributed by atoms with Crippen molar-refractivity contribution < 1.29 is 5.11 Å². The van der Waals surface area contributed by atoms with Crippen LogP contribution >= 0.6 is 0 Å². The largest absolute Gasteiger partial charge is 0.391 e. The van der Waals surface area contributed by atoms with Crippen LogP contribution < -0.4 is 0 Å². The smallest absolute Gasteiger partial charge is 0.0748 e. The molecule has 0 radical (unpaired) electrons. The van der Waals surface area contributed by atoms with Gasteiger partial charge in [0.15, 0.2) is 0 Å². The highest BCUT2D eigenvalue weighted by Gasteiger charge is 2.36. The van der Waals surface area contributed by atoms with Gasteiger partial charge in [-0.1, -0.05) is 42.5 Å². The lowest BCUT2D eigenvalue weighted by molar-refractivity contribution is -0.0452. The van der Waals surface area contributed by atoms with Crippen LogP contribution in [0.15, 0.2) is 42.5 Å². The molecule has 0 amide bonds. The lowest BCUT2D eigenvalue weighted by Gasteiger charge is -2.49. The van der Waals surface area contributed by atoms with E-state index in [1.807, 2.05) is 0 Å². The molecule has 0 aliphatic carbocycles. The van der Waals surface area contributed by atoms with E-state index in [-0.39, 0.29) is 6.10 Å². The highest BCUT2D eigenvalue weighted by atomic mass is 16.3. The molecule has 1 N–H and O–H groups in total. The first-order chi connectivity index (χ1) is 10.3. The molecule has 3 aliphatic rings. The minimum Gasteiger partial charge on any atom is -0.391 e. The number of hydrogen-bond donors (Lipinski definition) is 1. The predicted molar refractivity (Wildman–Crippen MR) is 85.5 cm³/mol. The zero-order chi connectivity index (χ0) is 14.2. The summed E-state index contributed by atoms with van der Waals surface area (Å²) in [5.41, 5.74) is 1.26. The predicted octanol–water partition coefficient (Wildman–Crippen LogP) is 1.74. The summed E-state index contributed by atoms with van der Waals surface area (Å²) >= 11 is 0. The normalized spacial score (nSPS) is 29.7. The Kier molecular flexibility index (Phi) is 3.42. The molecule has 3 fully saturated rings. The molecule has 0 spiro atoms. The summed E-state index contributed by atoms with van der Waals surface area (Å²) in [7, 11) is 0. The summed E-state index contributed by atoms with van der Waals surface area (Å²) in [6.07, 6.45) is 0.468. The third-order valence-corrected chi connectivity index (χ3v) is 5.07. The highest BCUT2D eigenvalue weighted by Crippen LogP contribution is 2.24. The lowest BCUT2D eigenvalue weighted by atomic mass is 9.94. The van der Waals surface area contributed by atoms with Gasteiger partial charge in [0.25, 0.3) is 0 Å². The molecule has 2 bridgehead atoms. The third kappa shape index (κ3) is 2.46. The fraction of sp³-hybridized carbons (Fsp3) is 0.444. The van der Waals surface area contributed by atoms with Crippen molar-refractivity contribution in [1.82, 2.24) is 9.80 Å². The maximum atomic E-state index is 10.7. The molecule has 110 valence electrons. The second-order valence-electron chi connectivity index (χ2n) is 6.31. The first-order valence-corrected chi connectivity index (χ1v) is 7.92. The van der Waals surface area contributed by atoms with Gasteiger partial charge in [-0.3, -0.25) is 9.80 Å². The molecule has 2 unspecified atom stereocenters. The molecule has 5 rings (SSSR count). The number of hydrogen-bond acceptors (Lipinski definition) is 3. The molecule has 3 heteroatoms. The van der Waals surface area contributed by atoms with E-state index in [2.05, 4.69) is 52.3 Å². The zero-order valence-electron chi connectivity index (χ0n) is 12.3. The summed E-state index contributed by atoms with van der Waals surface area (Å²) in [6, 6.07) is 15.1. The minimum absolute atomic E-state index is 0.279. The molecule has 2 atom stereocenters. The zero-order valence-corrected chi connectivity index (χ0v) is 12.3. The summed E-state index contributed by atoms with van der Waals surface area (Å²) in [5, 5.41) is 13.3. The van der Waals surface area contributed by atoms with Gasteiger partial charge in [-0.25, -0.2) is 0 Å². The van der Waals surface area contributed by atoms with Crippen molar-refractivity contribution >= 4 is 10.8 Å². The maximum Gasteiger partial charge on any atom is 0.0748 e. The van der Waals surface area contributed by atoms with E-state index < -0.39 is 0 Å². The van der Waals surface area contributed by atoms with Crippen LogP contribution in [0.25, 0.3) is 10.8 Å². The summed E-state index contributed by atoms with van der Waals surface area (Å²) < 4.78 is 0. The Bertz CT molecular complexity index is 629. The van der Waals surface area contributed by atoms with Gasteiger partial charge in [-0.2, -0.15) is 0 Å². The molecular formula is C18H22N2O. The maximum absolute atomic E-state index is 10.7. The molecule has 0 saturated carbocycles. The monoisotopic (exact) mass is 282 g/mol. The Labute approximate surface area is 125 Å². The third-order valence-electron chi connectivity index (χ3n) is 5.07. The molecule has 21 heavy (non-hydrogen) atoms. The van der Waals surface area contributed by atoms with E-state index in [1.165, 1.54) is 16.3 Å². The van der Waals surface area contributed by atoms with Crippen LogP contribution in [-0.2, 0) is 6.42 Å². The average molecular weight is 282 g/mol. The topological polar surface area (TPSA) is 26.7 Å². The molecule has 2 aromatic rings. The standard InChI is InChI=1S/C18H22N2O/c21-18(17-13-19-8-10-20(17)11-9-19)12-15-6-3-5-14-4-1-2-7-16(14)15/h1-7,17-18,21H,8-13H2. The van der Waals surface area contributed by atoms with Gasteiger partial charge in [0, 0.05) is 45.2 Å². The van der Waals surface area contributed by atoms with Crippen molar-refractivity contribution in [2.75, 3.05) is 32.7 Å². The first kappa shape index (κ1) is 13.3. The molecular weight excluding hydrogens is 260 g/mol. The quantitative estimate of drug-likeness (QED) is 0.929. The average Bonchev–Trinajstić information content (AvgIpc) is 2.56. The van der Waals surface area contributed by atoms with Crippen LogP contribution in [0, 0.1) is 0 Å². The summed E-state index contributed by atoms with van der Waals surface area (Å²) in [5.74, 6) is 0. The number of aliphatic hydroxyl groups is 1. The van der Waals surface area contributed by atoms with Crippen molar-refractivity contribution in [3.63, 3.8) is 0 Å². The van der Waals surface area contributed by atoms with Crippen LogP contribution in [0.1, 0.15) is 5.56 Å². The second kappa shape index (κ2) is 5.41. The SMILES string of the molecule is OC(Cc1cccc2ccccc12)C1CN2CCN1CC2. The van der Waals surface area contributed by atoms with E-state index in [0.717, 1.165) is 39.1 Å². The highest BCUT2D eigenvalue weighted by molar-refractivity contribution is 5.85. The Balaban J connectivity index is 1.57. The van der Waals surface area contributed by atoms with E-state index >= 15 is 0 Å². The second-order valence-corrected chi connectivity index (χ2v) is 6.31. The Hall–Kier alpha value is -1.42. The Morgan fingerprint density at radius 3 is 2.52 bits per heavy atom. The van der Waals surface area contributed by atoms with Crippen molar-refractivity contribution in [1.29, 1.82) is 0 Å². The van der Waals surface area contributed by atoms with Crippen molar-refractivity contribution in [2.24, 2.45) is 0 Å². The van der Waals surface area contributed by atoms with E-state index in [1.54, 1.807) is 0 Å². The molecule has 3 saturated heterocycles. The molecule has 3 nitrogen and oxygen atoms in total. The Morgan fingerprint density at radius 2 is 1.76 bits per heavy atom. The van der Waals surface area contributed by atoms with Crippen molar-refractivity contribution in [2.45, 2.75) is 18.6 Å². The number of aliphatic hydroxyl groups excluding tert-OH is 1. The van der Waals surface area contributed by atoms with Gasteiger partial charge in [0.05, 0.1) is 6.10 Å². The first-order valence-electron chi connectivity index (χ1n) is 7.92. The van der Waals surface area contributed by atoms with Gasteiger partial charge >= 0.3 is 0 Å². The van der Waals surface area contributed by atoms with E-state index in [0.29, 0.717) is 6.04 Å². The van der Waals surface area contributed by atoms with Gasteiger partial charge in [0.2, 0.25) is 0 Å². The lowest BCUT2D eigenvalue weighted by Crippen LogP contribution is -2.64. The number of fused-ring (bicyclic) bond motifs is 4. The van der Waals surface area contributed by atoms with Crippen LogP contribution in [0.5, 0.6) is 0 Å². The fourth-order valence-electron chi connectivity index (χ4n) is 3.85. The summed E-state index contributed by atoms with van der Waals surface area (Å²) in [6.45, 7) is 5.56. The van der Waals surface area contributed by atoms with Crippen LogP contribution in [0.4, 0.5) is 0 Å². The number of piperazine rings is 3. The van der Waals surface area contributed by atoms with Gasteiger partial charge in [-0.15, -0.1) is 0 Å². The van der Waals surface area contributed by atoms with Gasteiger partial charge < -0.3 is 5.11 Å². The van der Waals surface area contributed by atoms with Crippen LogP contribution in [0.3, 0.4) is 0 Å². The van der Waals surface area contributed by atoms with Gasteiger partial charge in [-0.05, 0) is 16.3 Å². The molecule has 3 aliphatic heterocycles. The number of nitrogens with zero attached hydrogens (tertiary/aromatic N) is 2. The molecule has 3 heterocycles. The number of rotatable bonds is 3. The minimum atomic E-state index is -0.279. The van der Waals surface area contributed by atoms with Crippen molar-refractivity contribution in [3.05, 3.63) is 48.0 Å². The van der Waals surface area contributed by atoms with E-state index in [9.17, 15) is 5.11 Å². The molecule has 2 aromatic carbocycles. The van der Waals surface area contributed by atoms with Gasteiger partial charge in [0.1, 0.15) is 0 Å². The molecule has 0 aromatic heterocycles. The van der Waals surface area contributed by atoms with Crippen LogP contribution in [-0.4, -0.2) is 59.8 Å².